The van der Waals surface area contributed by atoms with Crippen LogP contribution in [0.5, 0.6) is 0 Å². The quantitative estimate of drug-likeness (QED) is 0.590. The lowest BCUT2D eigenvalue weighted by molar-refractivity contribution is 0.750. The zero-order chi connectivity index (χ0) is 13.4. The normalized spacial score (nSPS) is 13.0. The molecule has 0 aliphatic heterocycles. The molecule has 0 saturated carbocycles. The SMILES string of the molecule is CC(Cl)c1nc2ccccc2n1Cc1cc(Br)cs1. The Kier molecular flexibility index (Phi) is 3.65. The Morgan fingerprint density at radius 1 is 1.42 bits per heavy atom. The van der Waals surface area contributed by atoms with Gasteiger partial charge in [-0.15, -0.1) is 22.9 Å². The van der Waals surface area contributed by atoms with Crippen molar-refractivity contribution in [2.24, 2.45) is 0 Å². The van der Waals surface area contributed by atoms with Gasteiger partial charge in [0.25, 0.3) is 0 Å². The van der Waals surface area contributed by atoms with Crippen LogP contribution in [0.3, 0.4) is 0 Å². The Balaban J connectivity index is 2.12. The van der Waals surface area contributed by atoms with Gasteiger partial charge in [-0.05, 0) is 41.1 Å². The first-order chi connectivity index (χ1) is 9.15. The smallest absolute Gasteiger partial charge is 0.128 e. The van der Waals surface area contributed by atoms with Crippen LogP contribution in [0.4, 0.5) is 0 Å². The van der Waals surface area contributed by atoms with Crippen molar-refractivity contribution in [3.63, 3.8) is 0 Å². The summed E-state index contributed by atoms with van der Waals surface area (Å²) < 4.78 is 3.32. The number of alkyl halides is 1. The van der Waals surface area contributed by atoms with E-state index in [-0.39, 0.29) is 5.38 Å². The Labute approximate surface area is 129 Å². The van der Waals surface area contributed by atoms with E-state index in [1.54, 1.807) is 11.3 Å². The number of halogens is 2. The first-order valence-corrected chi connectivity index (χ1v) is 8.08. The summed E-state index contributed by atoms with van der Waals surface area (Å²) >= 11 is 11.5. The predicted octanol–water partition coefficient (Wildman–Crippen LogP) is 5.21. The third-order valence-corrected chi connectivity index (χ3v) is 4.85. The number of para-hydroxylation sites is 2. The van der Waals surface area contributed by atoms with E-state index in [4.69, 9.17) is 11.6 Å². The van der Waals surface area contributed by atoms with Crippen LogP contribution in [0.2, 0.25) is 0 Å². The summed E-state index contributed by atoms with van der Waals surface area (Å²) in [5.74, 6) is 0.924. The van der Waals surface area contributed by atoms with Crippen molar-refractivity contribution in [3.8, 4) is 0 Å². The molecule has 3 rings (SSSR count). The lowest BCUT2D eigenvalue weighted by atomic mass is 10.3. The Morgan fingerprint density at radius 2 is 2.21 bits per heavy atom. The summed E-state index contributed by atoms with van der Waals surface area (Å²) in [5.41, 5.74) is 2.13. The van der Waals surface area contributed by atoms with E-state index < -0.39 is 0 Å². The number of rotatable bonds is 3. The molecule has 0 N–H and O–H groups in total. The number of benzene rings is 1. The first kappa shape index (κ1) is 13.2. The van der Waals surface area contributed by atoms with Gasteiger partial charge < -0.3 is 4.57 Å². The van der Waals surface area contributed by atoms with Crippen molar-refractivity contribution in [1.29, 1.82) is 0 Å². The monoisotopic (exact) mass is 354 g/mol. The number of hydrogen-bond acceptors (Lipinski definition) is 2. The van der Waals surface area contributed by atoms with Gasteiger partial charge >= 0.3 is 0 Å². The largest absolute Gasteiger partial charge is 0.321 e. The molecule has 0 aliphatic rings. The number of hydrogen-bond donors (Lipinski definition) is 0. The highest BCUT2D eigenvalue weighted by Gasteiger charge is 2.15. The fourth-order valence-electron chi connectivity index (χ4n) is 2.16. The molecule has 0 saturated heterocycles. The third-order valence-electron chi connectivity index (χ3n) is 2.98. The third kappa shape index (κ3) is 2.57. The van der Waals surface area contributed by atoms with Gasteiger partial charge in [0.1, 0.15) is 5.82 Å². The highest BCUT2D eigenvalue weighted by atomic mass is 79.9. The molecule has 0 radical (unpaired) electrons. The minimum atomic E-state index is -0.101. The zero-order valence-corrected chi connectivity index (χ0v) is 13.5. The van der Waals surface area contributed by atoms with Crippen LogP contribution in [0.1, 0.15) is 23.0 Å². The van der Waals surface area contributed by atoms with Gasteiger partial charge in [0.2, 0.25) is 0 Å². The zero-order valence-electron chi connectivity index (χ0n) is 10.3. The number of fused-ring (bicyclic) bond motifs is 1. The summed E-state index contributed by atoms with van der Waals surface area (Å²) in [6.07, 6.45) is 0. The number of nitrogens with zero attached hydrogens (tertiary/aromatic N) is 2. The Morgan fingerprint density at radius 3 is 2.89 bits per heavy atom. The van der Waals surface area contributed by atoms with Crippen molar-refractivity contribution < 1.29 is 0 Å². The van der Waals surface area contributed by atoms with Gasteiger partial charge in [-0.2, -0.15) is 0 Å². The highest BCUT2D eigenvalue weighted by Crippen LogP contribution is 2.27. The summed E-state index contributed by atoms with van der Waals surface area (Å²) in [7, 11) is 0. The van der Waals surface area contributed by atoms with E-state index in [0.717, 1.165) is 27.9 Å². The minimum absolute atomic E-state index is 0.101. The van der Waals surface area contributed by atoms with E-state index in [9.17, 15) is 0 Å². The van der Waals surface area contributed by atoms with Crippen LogP contribution in [-0.4, -0.2) is 9.55 Å². The molecular weight excluding hydrogens is 344 g/mol. The van der Waals surface area contributed by atoms with E-state index in [2.05, 4.69) is 43.0 Å². The molecule has 19 heavy (non-hydrogen) atoms. The maximum Gasteiger partial charge on any atom is 0.128 e. The van der Waals surface area contributed by atoms with Gasteiger partial charge in [0.15, 0.2) is 0 Å². The van der Waals surface area contributed by atoms with Crippen molar-refractivity contribution in [1.82, 2.24) is 9.55 Å². The van der Waals surface area contributed by atoms with Crippen molar-refractivity contribution >= 4 is 49.9 Å². The topological polar surface area (TPSA) is 17.8 Å². The fourth-order valence-corrected chi connectivity index (χ4v) is 3.76. The lowest BCUT2D eigenvalue weighted by Gasteiger charge is -2.09. The van der Waals surface area contributed by atoms with Crippen molar-refractivity contribution in [2.45, 2.75) is 18.8 Å². The van der Waals surface area contributed by atoms with Crippen molar-refractivity contribution in [3.05, 3.63) is 50.9 Å². The number of aromatic nitrogens is 2. The van der Waals surface area contributed by atoms with Crippen molar-refractivity contribution in [2.75, 3.05) is 0 Å². The molecule has 0 bridgehead atoms. The minimum Gasteiger partial charge on any atom is -0.321 e. The van der Waals surface area contributed by atoms with Crippen LogP contribution in [0, 0.1) is 0 Å². The molecule has 2 aromatic heterocycles. The van der Waals surface area contributed by atoms with E-state index in [1.807, 2.05) is 25.1 Å². The summed E-state index contributed by atoms with van der Waals surface area (Å²) in [4.78, 5) is 5.92. The first-order valence-electron chi connectivity index (χ1n) is 5.97. The van der Waals surface area contributed by atoms with Crippen LogP contribution < -0.4 is 0 Å². The van der Waals surface area contributed by atoms with Crippen LogP contribution in [-0.2, 0) is 6.54 Å². The molecule has 2 nitrogen and oxygen atoms in total. The number of imidazole rings is 1. The highest BCUT2D eigenvalue weighted by molar-refractivity contribution is 9.10. The van der Waals surface area contributed by atoms with E-state index >= 15 is 0 Å². The number of thiophene rings is 1. The Hall–Kier alpha value is -0.840. The molecule has 1 atom stereocenters. The van der Waals surface area contributed by atoms with Gasteiger partial charge in [-0.3, -0.25) is 0 Å². The average molecular weight is 356 g/mol. The molecule has 0 aliphatic carbocycles. The Bertz CT molecular complexity index is 717. The van der Waals surface area contributed by atoms with Gasteiger partial charge in [-0.1, -0.05) is 12.1 Å². The van der Waals surface area contributed by atoms with Crippen LogP contribution >= 0.6 is 38.9 Å². The van der Waals surface area contributed by atoms with Gasteiger partial charge in [0, 0.05) is 14.7 Å². The van der Waals surface area contributed by atoms with Gasteiger partial charge in [0.05, 0.1) is 23.0 Å². The van der Waals surface area contributed by atoms with Gasteiger partial charge in [-0.25, -0.2) is 4.98 Å². The molecule has 1 unspecified atom stereocenters. The molecule has 3 aromatic rings. The molecule has 5 heteroatoms. The second-order valence-corrected chi connectivity index (χ2v) is 6.96. The average Bonchev–Trinajstić information content (AvgIpc) is 2.95. The van der Waals surface area contributed by atoms with E-state index in [1.165, 1.54) is 4.88 Å². The summed E-state index contributed by atoms with van der Waals surface area (Å²) in [5, 5.41) is 1.99. The molecule has 0 fully saturated rings. The second-order valence-electron chi connectivity index (χ2n) is 4.39. The maximum atomic E-state index is 6.26. The second kappa shape index (κ2) is 5.27. The van der Waals surface area contributed by atoms with E-state index in [0.29, 0.717) is 0 Å². The van der Waals surface area contributed by atoms with Crippen LogP contribution in [0.25, 0.3) is 11.0 Å². The molecule has 1 aromatic carbocycles. The maximum absolute atomic E-state index is 6.26. The standard InChI is InChI=1S/C14H12BrClN2S/c1-9(16)14-17-12-4-2-3-5-13(12)18(14)7-11-6-10(15)8-19-11/h2-6,8-9H,7H2,1H3. The molecule has 0 spiro atoms. The summed E-state index contributed by atoms with van der Waals surface area (Å²) in [6.45, 7) is 2.77. The molecule has 2 heterocycles. The van der Waals surface area contributed by atoms with Crippen LogP contribution in [0.15, 0.2) is 40.2 Å². The summed E-state index contributed by atoms with van der Waals surface area (Å²) in [6, 6.07) is 10.3. The lowest BCUT2D eigenvalue weighted by Crippen LogP contribution is -2.04. The molecule has 0 amide bonds. The molecule has 98 valence electrons. The fraction of sp³-hybridized carbons (Fsp3) is 0.214. The predicted molar refractivity (Wildman–Crippen MR) is 85.1 cm³/mol. The molecular formula is C14H12BrClN2S.